The van der Waals surface area contributed by atoms with E-state index in [0.29, 0.717) is 18.4 Å². The van der Waals surface area contributed by atoms with Crippen molar-refractivity contribution in [1.29, 1.82) is 0 Å². The lowest BCUT2D eigenvalue weighted by atomic mass is 9.79. The molecular formula is C19H25N3O3. The highest BCUT2D eigenvalue weighted by molar-refractivity contribution is 5.80. The average molecular weight is 343 g/mol. The maximum Gasteiger partial charge on any atom is 0.240 e. The van der Waals surface area contributed by atoms with Crippen LogP contribution in [0.15, 0.2) is 30.6 Å². The molecule has 6 nitrogen and oxygen atoms in total. The summed E-state index contributed by atoms with van der Waals surface area (Å²) >= 11 is 0. The Kier molecular flexibility index (Phi) is 4.99. The van der Waals surface area contributed by atoms with Gasteiger partial charge in [0.05, 0.1) is 24.0 Å². The molecule has 1 aromatic carbocycles. The molecule has 2 aliphatic rings. The molecule has 134 valence electrons. The zero-order chi connectivity index (χ0) is 17.1. The minimum Gasteiger partial charge on any atom is -0.381 e. The van der Waals surface area contributed by atoms with Crippen molar-refractivity contribution in [2.75, 3.05) is 26.4 Å². The second-order valence-electron chi connectivity index (χ2n) is 7.01. The SMILES string of the molecule is O=C(Cn1cnc2ccccc21)N[C@@H]1CCOC[C@@H]1C1CCOCC1. The number of carbonyl (C=O) groups excluding carboxylic acids is 1. The van der Waals surface area contributed by atoms with Gasteiger partial charge in [0.25, 0.3) is 0 Å². The first-order chi connectivity index (χ1) is 12.3. The van der Waals surface area contributed by atoms with Crippen LogP contribution in [0.1, 0.15) is 19.3 Å². The Labute approximate surface area is 147 Å². The quantitative estimate of drug-likeness (QED) is 0.922. The number of fused-ring (bicyclic) bond motifs is 1. The van der Waals surface area contributed by atoms with Gasteiger partial charge in [-0.15, -0.1) is 0 Å². The highest BCUT2D eigenvalue weighted by Gasteiger charge is 2.34. The minimum absolute atomic E-state index is 0.0483. The van der Waals surface area contributed by atoms with E-state index in [0.717, 1.165) is 56.7 Å². The van der Waals surface area contributed by atoms with Gasteiger partial charge in [-0.3, -0.25) is 4.79 Å². The lowest BCUT2D eigenvalue weighted by molar-refractivity contribution is -0.124. The summed E-state index contributed by atoms with van der Waals surface area (Å²) in [6.07, 6.45) is 4.75. The normalized spacial score (nSPS) is 25.1. The molecule has 2 aliphatic heterocycles. The second-order valence-corrected chi connectivity index (χ2v) is 7.01. The number of rotatable bonds is 4. The highest BCUT2D eigenvalue weighted by Crippen LogP contribution is 2.30. The molecule has 1 aromatic heterocycles. The smallest absolute Gasteiger partial charge is 0.240 e. The number of nitrogens with zero attached hydrogens (tertiary/aromatic N) is 2. The molecule has 2 aromatic rings. The molecule has 2 fully saturated rings. The number of amides is 1. The number of hydrogen-bond donors (Lipinski definition) is 1. The third-order valence-corrected chi connectivity index (χ3v) is 5.46. The van der Waals surface area contributed by atoms with Crippen molar-refractivity contribution in [2.24, 2.45) is 11.8 Å². The molecule has 3 heterocycles. The van der Waals surface area contributed by atoms with E-state index < -0.39 is 0 Å². The van der Waals surface area contributed by atoms with E-state index in [2.05, 4.69) is 10.3 Å². The third kappa shape index (κ3) is 3.70. The summed E-state index contributed by atoms with van der Waals surface area (Å²) in [5, 5.41) is 3.26. The van der Waals surface area contributed by atoms with Gasteiger partial charge in [-0.05, 0) is 37.3 Å². The van der Waals surface area contributed by atoms with Crippen molar-refractivity contribution < 1.29 is 14.3 Å². The Hall–Kier alpha value is -1.92. The van der Waals surface area contributed by atoms with Crippen LogP contribution >= 0.6 is 0 Å². The summed E-state index contributed by atoms with van der Waals surface area (Å²) in [6, 6.07) is 8.08. The van der Waals surface area contributed by atoms with Gasteiger partial charge in [0.1, 0.15) is 6.54 Å². The topological polar surface area (TPSA) is 65.4 Å². The van der Waals surface area contributed by atoms with Crippen LogP contribution in [0, 0.1) is 11.8 Å². The second kappa shape index (κ2) is 7.54. The van der Waals surface area contributed by atoms with Crippen molar-refractivity contribution in [3.8, 4) is 0 Å². The molecule has 6 heteroatoms. The summed E-state index contributed by atoms with van der Waals surface area (Å²) in [4.78, 5) is 17.0. The number of imidazole rings is 1. The zero-order valence-electron chi connectivity index (χ0n) is 14.4. The summed E-state index contributed by atoms with van der Waals surface area (Å²) in [5.74, 6) is 1.02. The summed E-state index contributed by atoms with van der Waals surface area (Å²) in [5.41, 5.74) is 1.91. The van der Waals surface area contributed by atoms with E-state index in [9.17, 15) is 4.79 Å². The van der Waals surface area contributed by atoms with Gasteiger partial charge < -0.3 is 19.4 Å². The largest absolute Gasteiger partial charge is 0.381 e. The van der Waals surface area contributed by atoms with E-state index in [1.165, 1.54) is 0 Å². The Bertz CT molecular complexity index is 724. The fourth-order valence-corrected chi connectivity index (χ4v) is 4.09. The molecule has 1 amide bonds. The average Bonchev–Trinajstić information content (AvgIpc) is 3.06. The number of ether oxygens (including phenoxy) is 2. The maximum atomic E-state index is 12.6. The molecule has 0 aliphatic carbocycles. The third-order valence-electron chi connectivity index (χ3n) is 5.46. The van der Waals surface area contributed by atoms with Gasteiger partial charge in [0.2, 0.25) is 5.91 Å². The van der Waals surface area contributed by atoms with Crippen molar-refractivity contribution in [3.05, 3.63) is 30.6 Å². The zero-order valence-corrected chi connectivity index (χ0v) is 14.4. The lowest BCUT2D eigenvalue weighted by Gasteiger charge is -2.39. The first-order valence-corrected chi connectivity index (χ1v) is 9.16. The lowest BCUT2D eigenvalue weighted by Crippen LogP contribution is -2.49. The Morgan fingerprint density at radius 2 is 1.96 bits per heavy atom. The number of para-hydroxylation sites is 2. The van der Waals surface area contributed by atoms with Gasteiger partial charge in [0, 0.05) is 31.8 Å². The molecule has 1 N–H and O–H groups in total. The minimum atomic E-state index is 0.0483. The van der Waals surface area contributed by atoms with Gasteiger partial charge in [-0.25, -0.2) is 4.98 Å². The van der Waals surface area contributed by atoms with E-state index in [1.807, 2.05) is 28.8 Å². The molecule has 4 rings (SSSR count). The molecule has 0 spiro atoms. The van der Waals surface area contributed by atoms with Crippen LogP contribution in [0.2, 0.25) is 0 Å². The molecule has 25 heavy (non-hydrogen) atoms. The van der Waals surface area contributed by atoms with Crippen LogP contribution < -0.4 is 5.32 Å². The number of benzene rings is 1. The van der Waals surface area contributed by atoms with Crippen LogP contribution in [-0.4, -0.2) is 47.9 Å². The van der Waals surface area contributed by atoms with Crippen LogP contribution in [0.5, 0.6) is 0 Å². The van der Waals surface area contributed by atoms with Crippen LogP contribution in [-0.2, 0) is 20.8 Å². The van der Waals surface area contributed by atoms with E-state index >= 15 is 0 Å². The summed E-state index contributed by atoms with van der Waals surface area (Å²) in [6.45, 7) is 3.41. The molecule has 0 bridgehead atoms. The van der Waals surface area contributed by atoms with E-state index in [4.69, 9.17) is 9.47 Å². The predicted octanol–water partition coefficient (Wildman–Crippen LogP) is 1.98. The number of hydrogen-bond acceptors (Lipinski definition) is 4. The van der Waals surface area contributed by atoms with Crippen molar-refractivity contribution >= 4 is 16.9 Å². The monoisotopic (exact) mass is 343 g/mol. The Morgan fingerprint density at radius 1 is 1.16 bits per heavy atom. The van der Waals surface area contributed by atoms with Crippen LogP contribution in [0.4, 0.5) is 0 Å². The number of aromatic nitrogens is 2. The molecule has 2 atom stereocenters. The summed E-state index contributed by atoms with van der Waals surface area (Å²) in [7, 11) is 0. The van der Waals surface area contributed by atoms with E-state index in [1.54, 1.807) is 6.33 Å². The van der Waals surface area contributed by atoms with Crippen molar-refractivity contribution in [2.45, 2.75) is 31.8 Å². The predicted molar refractivity (Wildman–Crippen MR) is 94.1 cm³/mol. The van der Waals surface area contributed by atoms with Gasteiger partial charge >= 0.3 is 0 Å². The highest BCUT2D eigenvalue weighted by atomic mass is 16.5. The van der Waals surface area contributed by atoms with Crippen LogP contribution in [0.25, 0.3) is 11.0 Å². The van der Waals surface area contributed by atoms with Gasteiger partial charge in [0.15, 0.2) is 0 Å². The number of nitrogens with one attached hydrogen (secondary N) is 1. The molecular weight excluding hydrogens is 318 g/mol. The Balaban J connectivity index is 1.41. The fourth-order valence-electron chi connectivity index (χ4n) is 4.09. The number of carbonyl (C=O) groups is 1. The fraction of sp³-hybridized carbons (Fsp3) is 0.579. The molecule has 0 radical (unpaired) electrons. The maximum absolute atomic E-state index is 12.6. The van der Waals surface area contributed by atoms with Gasteiger partial charge in [-0.1, -0.05) is 12.1 Å². The molecule has 2 saturated heterocycles. The van der Waals surface area contributed by atoms with E-state index in [-0.39, 0.29) is 11.9 Å². The molecule has 0 saturated carbocycles. The standard InChI is InChI=1S/C19H25N3O3/c23-19(11-22-13-20-17-3-1-2-4-18(17)22)21-16-7-10-25-12-15(16)14-5-8-24-9-6-14/h1-4,13-16H,5-12H2,(H,21,23)/t15-,16-/m1/s1. The first-order valence-electron chi connectivity index (χ1n) is 9.16. The van der Waals surface area contributed by atoms with Gasteiger partial charge in [-0.2, -0.15) is 0 Å². The Morgan fingerprint density at radius 3 is 2.84 bits per heavy atom. The van der Waals surface area contributed by atoms with Crippen molar-refractivity contribution in [1.82, 2.24) is 14.9 Å². The summed E-state index contributed by atoms with van der Waals surface area (Å²) < 4.78 is 13.1. The van der Waals surface area contributed by atoms with Crippen molar-refractivity contribution in [3.63, 3.8) is 0 Å². The molecule has 0 unspecified atom stereocenters. The van der Waals surface area contributed by atoms with Crippen LogP contribution in [0.3, 0.4) is 0 Å². The first kappa shape index (κ1) is 16.5.